The van der Waals surface area contributed by atoms with E-state index in [0.29, 0.717) is 6.54 Å². The quantitative estimate of drug-likeness (QED) is 0.787. The molecule has 0 bridgehead atoms. The lowest BCUT2D eigenvalue weighted by atomic mass is 9.91. The molecule has 1 aliphatic carbocycles. The maximum Gasteiger partial charge on any atom is 0.261 e. The van der Waals surface area contributed by atoms with E-state index in [2.05, 4.69) is 40.6 Å². The van der Waals surface area contributed by atoms with Gasteiger partial charge in [0, 0.05) is 29.7 Å². The zero-order valence-electron chi connectivity index (χ0n) is 13.3. The first kappa shape index (κ1) is 15.1. The van der Waals surface area contributed by atoms with Crippen LogP contribution in [-0.2, 0) is 19.3 Å². The molecule has 1 aromatic carbocycles. The molecule has 3 aromatic rings. The molecular weight excluding hydrogens is 316 g/mol. The predicted octanol–water partition coefficient (Wildman–Crippen LogP) is 3.88. The fourth-order valence-corrected chi connectivity index (χ4v) is 4.31. The molecule has 0 unspecified atom stereocenters. The van der Waals surface area contributed by atoms with Crippen molar-refractivity contribution < 1.29 is 4.79 Å². The van der Waals surface area contributed by atoms with Gasteiger partial charge in [0.15, 0.2) is 0 Å². The summed E-state index contributed by atoms with van der Waals surface area (Å²) in [5.74, 6) is 0.0165. The van der Waals surface area contributed by atoms with Gasteiger partial charge in [-0.25, -0.2) is 0 Å². The second kappa shape index (κ2) is 6.57. The topological polar surface area (TPSA) is 42.0 Å². The molecule has 3 nitrogen and oxygen atoms in total. The fourth-order valence-electron chi connectivity index (χ4n) is 3.12. The summed E-state index contributed by atoms with van der Waals surface area (Å²) in [4.78, 5) is 18.8. The first-order valence-corrected chi connectivity index (χ1v) is 9.02. The Morgan fingerprint density at radius 3 is 2.79 bits per heavy atom. The zero-order valence-corrected chi connectivity index (χ0v) is 14.1. The normalized spacial score (nSPS) is 12.3. The number of carbonyl (C=O) groups excluding carboxylic acids is 1. The molecule has 0 radical (unpaired) electrons. The van der Waals surface area contributed by atoms with Crippen molar-refractivity contribution in [1.82, 2.24) is 10.3 Å². The standard InChI is InChI=1S/C20H18N2OS/c23-20(22-12-10-16-6-3-4-11-21-16)18-13-15-9-8-14-5-1-2-7-17(14)19(15)24-18/h1-7,11,13H,8-10,12H2,(H,22,23). The van der Waals surface area contributed by atoms with Crippen molar-refractivity contribution in [1.29, 1.82) is 0 Å². The highest BCUT2D eigenvalue weighted by Gasteiger charge is 2.21. The number of aromatic nitrogens is 1. The van der Waals surface area contributed by atoms with E-state index in [4.69, 9.17) is 0 Å². The van der Waals surface area contributed by atoms with Gasteiger partial charge in [-0.15, -0.1) is 11.3 Å². The number of pyridine rings is 1. The second-order valence-corrected chi connectivity index (χ2v) is 7.00. The van der Waals surface area contributed by atoms with Crippen LogP contribution in [0.3, 0.4) is 0 Å². The Kier molecular flexibility index (Phi) is 4.13. The highest BCUT2D eigenvalue weighted by molar-refractivity contribution is 7.17. The molecule has 120 valence electrons. The third-order valence-corrected chi connectivity index (χ3v) is 5.56. The van der Waals surface area contributed by atoms with Crippen LogP contribution < -0.4 is 5.32 Å². The number of thiophene rings is 1. The number of nitrogens with zero attached hydrogens (tertiary/aromatic N) is 1. The van der Waals surface area contributed by atoms with Crippen LogP contribution in [0, 0.1) is 0 Å². The molecule has 2 aromatic heterocycles. The minimum atomic E-state index is 0.0165. The van der Waals surface area contributed by atoms with E-state index in [0.717, 1.165) is 29.8 Å². The van der Waals surface area contributed by atoms with E-state index in [9.17, 15) is 4.79 Å². The van der Waals surface area contributed by atoms with Gasteiger partial charge in [-0.05, 0) is 47.7 Å². The molecule has 0 atom stereocenters. The molecule has 0 saturated carbocycles. The van der Waals surface area contributed by atoms with Crippen LogP contribution in [0.2, 0.25) is 0 Å². The molecule has 4 heteroatoms. The van der Waals surface area contributed by atoms with E-state index in [1.807, 2.05) is 18.2 Å². The maximum absolute atomic E-state index is 12.4. The molecule has 1 aliphatic rings. The van der Waals surface area contributed by atoms with E-state index in [1.165, 1.54) is 21.6 Å². The molecule has 0 spiro atoms. The Balaban J connectivity index is 1.46. The Morgan fingerprint density at radius 1 is 1.08 bits per heavy atom. The molecule has 24 heavy (non-hydrogen) atoms. The van der Waals surface area contributed by atoms with Gasteiger partial charge in [-0.2, -0.15) is 0 Å². The minimum Gasteiger partial charge on any atom is -0.351 e. The van der Waals surface area contributed by atoms with Crippen molar-refractivity contribution in [2.45, 2.75) is 19.3 Å². The number of benzene rings is 1. The van der Waals surface area contributed by atoms with Crippen LogP contribution >= 0.6 is 11.3 Å². The lowest BCUT2D eigenvalue weighted by Crippen LogP contribution is -2.25. The monoisotopic (exact) mass is 334 g/mol. The summed E-state index contributed by atoms with van der Waals surface area (Å²) in [6.07, 6.45) is 4.60. The van der Waals surface area contributed by atoms with Crippen molar-refractivity contribution in [3.8, 4) is 10.4 Å². The van der Waals surface area contributed by atoms with Gasteiger partial charge < -0.3 is 5.32 Å². The summed E-state index contributed by atoms with van der Waals surface area (Å²) in [7, 11) is 0. The summed E-state index contributed by atoms with van der Waals surface area (Å²) in [6.45, 7) is 0.606. The van der Waals surface area contributed by atoms with Gasteiger partial charge in [0.1, 0.15) is 0 Å². The van der Waals surface area contributed by atoms with Crippen LogP contribution in [0.5, 0.6) is 0 Å². The number of amides is 1. The summed E-state index contributed by atoms with van der Waals surface area (Å²) in [6, 6.07) is 16.4. The van der Waals surface area contributed by atoms with E-state index < -0.39 is 0 Å². The number of rotatable bonds is 4. The number of hydrogen-bond donors (Lipinski definition) is 1. The van der Waals surface area contributed by atoms with Crippen LogP contribution in [-0.4, -0.2) is 17.4 Å². The summed E-state index contributed by atoms with van der Waals surface area (Å²) < 4.78 is 0. The van der Waals surface area contributed by atoms with Crippen molar-refractivity contribution in [3.63, 3.8) is 0 Å². The van der Waals surface area contributed by atoms with Crippen molar-refractivity contribution in [2.24, 2.45) is 0 Å². The van der Waals surface area contributed by atoms with Crippen LogP contribution in [0.25, 0.3) is 10.4 Å². The van der Waals surface area contributed by atoms with Crippen LogP contribution in [0.15, 0.2) is 54.7 Å². The Morgan fingerprint density at radius 2 is 1.92 bits per heavy atom. The Hall–Kier alpha value is -2.46. The van der Waals surface area contributed by atoms with Gasteiger partial charge in [-0.1, -0.05) is 30.3 Å². The third-order valence-electron chi connectivity index (χ3n) is 4.35. The van der Waals surface area contributed by atoms with Crippen LogP contribution in [0.1, 0.15) is 26.5 Å². The van der Waals surface area contributed by atoms with E-state index in [1.54, 1.807) is 17.5 Å². The average Bonchev–Trinajstić information content (AvgIpc) is 3.07. The second-order valence-electron chi connectivity index (χ2n) is 5.95. The van der Waals surface area contributed by atoms with Gasteiger partial charge in [-0.3, -0.25) is 9.78 Å². The summed E-state index contributed by atoms with van der Waals surface area (Å²) >= 11 is 1.60. The van der Waals surface area contributed by atoms with Gasteiger partial charge in [0.05, 0.1) is 4.88 Å². The SMILES string of the molecule is O=C(NCCc1ccccn1)c1cc2c(s1)-c1ccccc1CC2. The number of aryl methyl sites for hydroxylation is 2. The predicted molar refractivity (Wildman–Crippen MR) is 97.4 cm³/mol. The molecule has 1 N–H and O–H groups in total. The van der Waals surface area contributed by atoms with Crippen LogP contribution in [0.4, 0.5) is 0 Å². The maximum atomic E-state index is 12.4. The smallest absolute Gasteiger partial charge is 0.261 e. The number of nitrogens with one attached hydrogen (secondary N) is 1. The summed E-state index contributed by atoms with van der Waals surface area (Å²) in [5, 5.41) is 3.01. The molecule has 2 heterocycles. The minimum absolute atomic E-state index is 0.0165. The highest BCUT2D eigenvalue weighted by Crippen LogP contribution is 2.39. The van der Waals surface area contributed by atoms with E-state index in [-0.39, 0.29) is 5.91 Å². The number of hydrogen-bond acceptors (Lipinski definition) is 3. The fraction of sp³-hybridized carbons (Fsp3) is 0.200. The first-order chi connectivity index (χ1) is 11.8. The van der Waals surface area contributed by atoms with Crippen molar-refractivity contribution >= 4 is 17.2 Å². The van der Waals surface area contributed by atoms with Crippen molar-refractivity contribution in [2.75, 3.05) is 6.54 Å². The van der Waals surface area contributed by atoms with Crippen molar-refractivity contribution in [3.05, 3.63) is 76.4 Å². The zero-order chi connectivity index (χ0) is 16.4. The largest absolute Gasteiger partial charge is 0.351 e. The summed E-state index contributed by atoms with van der Waals surface area (Å²) in [5.41, 5.74) is 4.97. The Bertz CT molecular complexity index is 870. The molecule has 4 rings (SSSR count). The Labute approximate surface area is 145 Å². The molecule has 1 amide bonds. The first-order valence-electron chi connectivity index (χ1n) is 8.20. The average molecular weight is 334 g/mol. The molecular formula is C20H18N2OS. The highest BCUT2D eigenvalue weighted by atomic mass is 32.1. The molecule has 0 fully saturated rings. The lowest BCUT2D eigenvalue weighted by molar-refractivity contribution is 0.0958. The van der Waals surface area contributed by atoms with Gasteiger partial charge in [0.25, 0.3) is 5.91 Å². The third kappa shape index (κ3) is 2.97. The van der Waals surface area contributed by atoms with Gasteiger partial charge >= 0.3 is 0 Å². The number of fused-ring (bicyclic) bond motifs is 3. The van der Waals surface area contributed by atoms with Gasteiger partial charge in [0.2, 0.25) is 0 Å². The lowest BCUT2D eigenvalue weighted by Gasteiger charge is -2.15. The molecule has 0 saturated heterocycles. The van der Waals surface area contributed by atoms with E-state index >= 15 is 0 Å². The molecule has 0 aliphatic heterocycles. The number of carbonyl (C=O) groups is 1.